The zero-order valence-electron chi connectivity index (χ0n) is 16.2. The van der Waals surface area contributed by atoms with Crippen molar-refractivity contribution < 1.29 is 19.1 Å². The summed E-state index contributed by atoms with van der Waals surface area (Å²) in [7, 11) is 0. The lowest BCUT2D eigenvalue weighted by Gasteiger charge is -2.06. The van der Waals surface area contributed by atoms with Crippen LogP contribution >= 0.6 is 11.6 Å². The number of hydrogen-bond acceptors (Lipinski definition) is 5. The molecule has 6 nitrogen and oxygen atoms in total. The molecule has 0 saturated heterocycles. The molecule has 0 atom stereocenters. The number of aryl methyl sites for hydroxylation is 1. The highest BCUT2D eigenvalue weighted by Crippen LogP contribution is 2.17. The number of nitrogens with zero attached hydrogens (tertiary/aromatic N) is 1. The van der Waals surface area contributed by atoms with Crippen LogP contribution in [0, 0.1) is 6.92 Å². The largest absolute Gasteiger partial charge is 0.484 e. The number of carbonyl (C=O) groups is 2. The Labute approximate surface area is 179 Å². The van der Waals surface area contributed by atoms with Gasteiger partial charge in [0.25, 0.3) is 5.91 Å². The van der Waals surface area contributed by atoms with Gasteiger partial charge in [0.1, 0.15) is 11.5 Å². The van der Waals surface area contributed by atoms with Gasteiger partial charge in [-0.05, 0) is 67.1 Å². The number of nitrogens with one attached hydrogen (secondary N) is 1. The fourth-order valence-corrected chi connectivity index (χ4v) is 2.66. The molecule has 0 aliphatic heterocycles. The summed E-state index contributed by atoms with van der Waals surface area (Å²) in [5.41, 5.74) is 4.57. The lowest BCUT2D eigenvalue weighted by molar-refractivity contribution is -0.123. The summed E-state index contributed by atoms with van der Waals surface area (Å²) in [5.74, 6) is 0.0806. The number of rotatable bonds is 7. The summed E-state index contributed by atoms with van der Waals surface area (Å²) < 4.78 is 10.7. The van der Waals surface area contributed by atoms with Crippen molar-refractivity contribution in [2.24, 2.45) is 5.10 Å². The van der Waals surface area contributed by atoms with Crippen molar-refractivity contribution in [3.63, 3.8) is 0 Å². The molecule has 3 aromatic rings. The molecule has 0 bridgehead atoms. The maximum absolute atomic E-state index is 12.2. The zero-order chi connectivity index (χ0) is 21.3. The first kappa shape index (κ1) is 21.1. The van der Waals surface area contributed by atoms with Crippen LogP contribution < -0.4 is 14.9 Å². The van der Waals surface area contributed by atoms with Crippen LogP contribution in [0.15, 0.2) is 77.9 Å². The Morgan fingerprint density at radius 1 is 1.00 bits per heavy atom. The third kappa shape index (κ3) is 6.46. The Morgan fingerprint density at radius 3 is 2.50 bits per heavy atom. The minimum atomic E-state index is -0.424. The topological polar surface area (TPSA) is 77.0 Å². The van der Waals surface area contributed by atoms with E-state index in [1.807, 2.05) is 13.0 Å². The maximum Gasteiger partial charge on any atom is 0.343 e. The van der Waals surface area contributed by atoms with Crippen LogP contribution in [0.25, 0.3) is 0 Å². The van der Waals surface area contributed by atoms with Crippen molar-refractivity contribution in [2.45, 2.75) is 6.92 Å². The standard InChI is InChI=1S/C23H19ClN2O4/c1-16-4-2-5-18(12-16)23(28)30-20-10-8-17(9-11-20)14-25-26-22(27)15-29-21-7-3-6-19(24)13-21/h2-14H,15H2,1H3,(H,26,27)/b25-14-. The summed E-state index contributed by atoms with van der Waals surface area (Å²) in [6.45, 7) is 1.72. The van der Waals surface area contributed by atoms with Gasteiger partial charge in [0.05, 0.1) is 11.8 Å². The first-order valence-electron chi connectivity index (χ1n) is 9.09. The average Bonchev–Trinajstić information content (AvgIpc) is 2.73. The Bertz CT molecular complexity index is 1060. The summed E-state index contributed by atoms with van der Waals surface area (Å²) in [6, 6.07) is 20.7. The fraction of sp³-hybridized carbons (Fsp3) is 0.0870. The van der Waals surface area contributed by atoms with Crippen molar-refractivity contribution in [1.82, 2.24) is 5.43 Å². The first-order valence-corrected chi connectivity index (χ1v) is 9.46. The summed E-state index contributed by atoms with van der Waals surface area (Å²) in [4.78, 5) is 24.0. The van der Waals surface area contributed by atoms with Crippen molar-refractivity contribution in [3.05, 3.63) is 94.5 Å². The fourth-order valence-electron chi connectivity index (χ4n) is 2.48. The number of hydrazone groups is 1. The van der Waals surface area contributed by atoms with Gasteiger partial charge in [0.15, 0.2) is 6.61 Å². The molecule has 0 radical (unpaired) electrons. The quantitative estimate of drug-likeness (QED) is 0.265. The molecule has 0 spiro atoms. The second-order valence-corrected chi connectivity index (χ2v) is 6.80. The Balaban J connectivity index is 1.47. The number of carbonyl (C=O) groups excluding carboxylic acids is 2. The highest BCUT2D eigenvalue weighted by molar-refractivity contribution is 6.30. The van der Waals surface area contributed by atoms with E-state index in [9.17, 15) is 9.59 Å². The van der Waals surface area contributed by atoms with Crippen LogP contribution in [0.2, 0.25) is 5.02 Å². The van der Waals surface area contributed by atoms with Gasteiger partial charge in [-0.25, -0.2) is 10.2 Å². The highest BCUT2D eigenvalue weighted by atomic mass is 35.5. The predicted molar refractivity (Wildman–Crippen MR) is 115 cm³/mol. The lowest BCUT2D eigenvalue weighted by atomic mass is 10.1. The maximum atomic E-state index is 12.2. The van der Waals surface area contributed by atoms with E-state index < -0.39 is 11.9 Å². The molecule has 1 N–H and O–H groups in total. The molecule has 0 fully saturated rings. The van der Waals surface area contributed by atoms with Gasteiger partial charge in [0.2, 0.25) is 0 Å². The molecule has 0 unspecified atom stereocenters. The lowest BCUT2D eigenvalue weighted by Crippen LogP contribution is -2.24. The van der Waals surface area contributed by atoms with Crippen molar-refractivity contribution >= 4 is 29.7 Å². The predicted octanol–water partition coefficient (Wildman–Crippen LogP) is 4.40. The van der Waals surface area contributed by atoms with Crippen LogP contribution in [-0.4, -0.2) is 24.7 Å². The first-order chi connectivity index (χ1) is 14.5. The smallest absolute Gasteiger partial charge is 0.343 e. The van der Waals surface area contributed by atoms with Crippen LogP contribution in [-0.2, 0) is 4.79 Å². The molecule has 30 heavy (non-hydrogen) atoms. The third-order valence-electron chi connectivity index (χ3n) is 3.91. The number of halogens is 1. The molecule has 7 heteroatoms. The van der Waals surface area contributed by atoms with Gasteiger partial charge < -0.3 is 9.47 Å². The highest BCUT2D eigenvalue weighted by Gasteiger charge is 2.08. The molecule has 0 aromatic heterocycles. The summed E-state index contributed by atoms with van der Waals surface area (Å²) in [5, 5.41) is 4.41. The molecule has 0 saturated carbocycles. The third-order valence-corrected chi connectivity index (χ3v) is 4.15. The monoisotopic (exact) mass is 422 g/mol. The van der Waals surface area contributed by atoms with Gasteiger partial charge >= 0.3 is 5.97 Å². The van der Waals surface area contributed by atoms with Gasteiger partial charge in [-0.2, -0.15) is 5.10 Å². The van der Waals surface area contributed by atoms with Crippen LogP contribution in [0.4, 0.5) is 0 Å². The number of benzene rings is 3. The van der Waals surface area contributed by atoms with Gasteiger partial charge in [-0.15, -0.1) is 0 Å². The summed E-state index contributed by atoms with van der Waals surface area (Å²) >= 11 is 5.86. The van der Waals surface area contributed by atoms with E-state index >= 15 is 0 Å². The van der Waals surface area contributed by atoms with E-state index in [-0.39, 0.29) is 6.61 Å². The van der Waals surface area contributed by atoms with Crippen molar-refractivity contribution in [2.75, 3.05) is 6.61 Å². The number of ether oxygens (including phenoxy) is 2. The Hall–Kier alpha value is -3.64. The molecule has 1 amide bonds. The van der Waals surface area contributed by atoms with Gasteiger partial charge in [0, 0.05) is 5.02 Å². The number of amides is 1. The van der Waals surface area contributed by atoms with Gasteiger partial charge in [-0.1, -0.05) is 35.4 Å². The molecule has 0 aliphatic carbocycles. The molecular formula is C23H19ClN2O4. The Morgan fingerprint density at radius 2 is 1.77 bits per heavy atom. The Kier molecular flexibility index (Phi) is 7.19. The minimum absolute atomic E-state index is 0.189. The minimum Gasteiger partial charge on any atom is -0.484 e. The van der Waals surface area contributed by atoms with E-state index in [1.165, 1.54) is 6.21 Å². The van der Waals surface area contributed by atoms with Crippen molar-refractivity contribution in [1.29, 1.82) is 0 Å². The molecule has 3 aromatic carbocycles. The molecule has 0 heterocycles. The number of hydrogen-bond donors (Lipinski definition) is 1. The average molecular weight is 423 g/mol. The number of esters is 1. The molecule has 3 rings (SSSR count). The van der Waals surface area contributed by atoms with Crippen LogP contribution in [0.3, 0.4) is 0 Å². The van der Waals surface area contributed by atoms with Crippen LogP contribution in [0.5, 0.6) is 11.5 Å². The molecule has 0 aliphatic rings. The second kappa shape index (κ2) is 10.2. The van der Waals surface area contributed by atoms with E-state index in [2.05, 4.69) is 10.5 Å². The normalized spacial score (nSPS) is 10.6. The van der Waals surface area contributed by atoms with Gasteiger partial charge in [-0.3, -0.25) is 4.79 Å². The molecular weight excluding hydrogens is 404 g/mol. The SMILES string of the molecule is Cc1cccc(C(=O)Oc2ccc(/C=N\NC(=O)COc3cccc(Cl)c3)cc2)c1. The van der Waals surface area contributed by atoms with Crippen LogP contribution in [0.1, 0.15) is 21.5 Å². The van der Waals surface area contributed by atoms with E-state index in [0.717, 1.165) is 11.1 Å². The van der Waals surface area contributed by atoms with E-state index in [1.54, 1.807) is 66.7 Å². The van der Waals surface area contributed by atoms with Crippen molar-refractivity contribution in [3.8, 4) is 11.5 Å². The second-order valence-electron chi connectivity index (χ2n) is 6.37. The zero-order valence-corrected chi connectivity index (χ0v) is 16.9. The summed E-state index contributed by atoms with van der Waals surface area (Å²) in [6.07, 6.45) is 1.48. The van der Waals surface area contributed by atoms with E-state index in [0.29, 0.717) is 22.1 Å². The van der Waals surface area contributed by atoms with E-state index in [4.69, 9.17) is 21.1 Å². The molecule has 152 valence electrons.